The van der Waals surface area contributed by atoms with Gasteiger partial charge in [0.05, 0.1) is 0 Å². The summed E-state index contributed by atoms with van der Waals surface area (Å²) in [7, 11) is 0. The molecule has 176 valence electrons. The molecule has 1 atom stereocenters. The molecule has 1 amide bonds. The van der Waals surface area contributed by atoms with E-state index in [9.17, 15) is 18.0 Å². The Bertz CT molecular complexity index is 1300. The first-order chi connectivity index (χ1) is 16.2. The number of aliphatic imine (C=N–C) groups is 1. The van der Waals surface area contributed by atoms with Gasteiger partial charge in [-0.3, -0.25) is 10.1 Å². The number of aromatic nitrogens is 2. The molecule has 1 aliphatic carbocycles. The number of fused-ring (bicyclic) bond motifs is 2. The Morgan fingerprint density at radius 2 is 2.00 bits per heavy atom. The first kappa shape index (κ1) is 23.0. The van der Waals surface area contributed by atoms with Crippen LogP contribution in [0.2, 0.25) is 0 Å². The molecule has 5 rings (SSSR count). The fourth-order valence-corrected chi connectivity index (χ4v) is 3.87. The van der Waals surface area contributed by atoms with E-state index >= 15 is 0 Å². The van der Waals surface area contributed by atoms with Gasteiger partial charge in [0.15, 0.2) is 0 Å². The molecule has 0 fully saturated rings. The maximum atomic E-state index is 12.3. The highest BCUT2D eigenvalue weighted by Gasteiger charge is 2.38. The van der Waals surface area contributed by atoms with E-state index in [0.29, 0.717) is 17.6 Å². The molecule has 4 N–H and O–H groups in total. The van der Waals surface area contributed by atoms with Crippen molar-refractivity contribution in [3.05, 3.63) is 71.2 Å². The first-order valence-electron chi connectivity index (χ1n) is 10.4. The Hall–Kier alpha value is -4.15. The van der Waals surface area contributed by atoms with Crippen molar-refractivity contribution < 1.29 is 27.9 Å². The zero-order valence-corrected chi connectivity index (χ0v) is 17.7. The predicted octanol–water partition coefficient (Wildman–Crippen LogP) is 3.34. The van der Waals surface area contributed by atoms with Crippen molar-refractivity contribution in [2.24, 2.45) is 4.99 Å². The number of carbonyl (C=O) groups excluding carboxylic acids is 1. The van der Waals surface area contributed by atoms with E-state index in [2.05, 4.69) is 49.9 Å². The number of benzene rings is 1. The Kier molecular flexibility index (Phi) is 6.35. The van der Waals surface area contributed by atoms with Gasteiger partial charge in [0, 0.05) is 35.8 Å². The van der Waals surface area contributed by atoms with Crippen molar-refractivity contribution in [2.45, 2.75) is 24.9 Å². The summed E-state index contributed by atoms with van der Waals surface area (Å²) in [5.74, 6) is -1.97. The van der Waals surface area contributed by atoms with E-state index in [1.54, 1.807) is 12.3 Å². The number of H-pyrrole nitrogens is 1. The van der Waals surface area contributed by atoms with Crippen LogP contribution in [0.25, 0.3) is 17.1 Å². The summed E-state index contributed by atoms with van der Waals surface area (Å²) < 4.78 is 31.7. The molecule has 0 spiro atoms. The molecule has 0 radical (unpaired) electrons. The lowest BCUT2D eigenvalue weighted by Gasteiger charge is -2.13. The molecule has 1 unspecified atom stereocenters. The summed E-state index contributed by atoms with van der Waals surface area (Å²) in [6.45, 7) is 0.764. The largest absolute Gasteiger partial charge is 0.490 e. The van der Waals surface area contributed by atoms with Crippen LogP contribution < -0.4 is 10.6 Å². The number of aryl methyl sites for hydroxylation is 1. The highest BCUT2D eigenvalue weighted by molar-refractivity contribution is 6.14. The van der Waals surface area contributed by atoms with Crippen LogP contribution in [0.5, 0.6) is 0 Å². The first-order valence-corrected chi connectivity index (χ1v) is 10.4. The second-order valence-electron chi connectivity index (χ2n) is 7.71. The average Bonchev–Trinajstić information content (AvgIpc) is 3.50. The minimum absolute atomic E-state index is 0.192. The maximum absolute atomic E-state index is 12.3. The molecule has 2 aromatic heterocycles. The third-order valence-corrected chi connectivity index (χ3v) is 5.49. The predicted molar refractivity (Wildman–Crippen MR) is 119 cm³/mol. The molecule has 1 aliphatic heterocycles. The third-order valence-electron chi connectivity index (χ3n) is 5.49. The standard InChI is InChI=1S/C21H19N5O.C2HF3O2/c27-20-18(10-15-12-23-19-17(15)6-3-9-22-19)25-21(26-20)24-11-14-8-7-13-4-1-2-5-16(13)14;3-2(4,5)1(6)7/h1-6,9-10,12,14H,7-8,11H2,(H,22,23)(H2,24,25,26,27);(H,6,7)/b18-10-;. The van der Waals surface area contributed by atoms with E-state index in [1.165, 1.54) is 11.1 Å². The second-order valence-corrected chi connectivity index (χ2v) is 7.71. The number of guanidine groups is 1. The summed E-state index contributed by atoms with van der Waals surface area (Å²) in [5, 5.41) is 14.2. The van der Waals surface area contributed by atoms with E-state index < -0.39 is 12.1 Å². The number of carboxylic acids is 1. The fraction of sp³-hybridized carbons (Fsp3) is 0.217. The Morgan fingerprint density at radius 1 is 1.24 bits per heavy atom. The Labute approximate surface area is 191 Å². The van der Waals surface area contributed by atoms with Gasteiger partial charge in [0.2, 0.25) is 5.96 Å². The number of carboxylic acid groups (broad SMARTS) is 1. The van der Waals surface area contributed by atoms with Crippen molar-refractivity contribution in [2.75, 3.05) is 6.54 Å². The van der Waals surface area contributed by atoms with Gasteiger partial charge in [-0.1, -0.05) is 24.3 Å². The van der Waals surface area contributed by atoms with E-state index in [4.69, 9.17) is 9.90 Å². The number of pyridine rings is 1. The summed E-state index contributed by atoms with van der Waals surface area (Å²) >= 11 is 0. The number of hydrogen-bond acceptors (Lipinski definition) is 5. The number of amides is 1. The number of rotatable bonds is 3. The van der Waals surface area contributed by atoms with E-state index in [-0.39, 0.29) is 5.91 Å². The van der Waals surface area contributed by atoms with Gasteiger partial charge in [-0.2, -0.15) is 13.2 Å². The molecule has 3 aromatic rings. The lowest BCUT2D eigenvalue weighted by Crippen LogP contribution is -2.38. The highest BCUT2D eigenvalue weighted by Crippen LogP contribution is 2.32. The minimum Gasteiger partial charge on any atom is -0.475 e. The second kappa shape index (κ2) is 9.38. The molecule has 0 bridgehead atoms. The van der Waals surface area contributed by atoms with Gasteiger partial charge in [-0.05, 0) is 42.2 Å². The van der Waals surface area contributed by atoms with Crippen molar-refractivity contribution in [3.63, 3.8) is 0 Å². The van der Waals surface area contributed by atoms with Crippen LogP contribution in [0.3, 0.4) is 0 Å². The number of halogens is 3. The van der Waals surface area contributed by atoms with Crippen molar-refractivity contribution in [3.8, 4) is 0 Å². The normalized spacial score (nSPS) is 18.2. The smallest absolute Gasteiger partial charge is 0.475 e. The number of carbonyl (C=O) groups is 2. The number of nitrogens with one attached hydrogen (secondary N) is 3. The number of alkyl halides is 3. The van der Waals surface area contributed by atoms with Crippen LogP contribution >= 0.6 is 0 Å². The van der Waals surface area contributed by atoms with Crippen molar-refractivity contribution in [1.29, 1.82) is 0 Å². The van der Waals surface area contributed by atoms with E-state index in [0.717, 1.165) is 36.0 Å². The van der Waals surface area contributed by atoms with Crippen molar-refractivity contribution in [1.82, 2.24) is 20.6 Å². The quantitative estimate of drug-likeness (QED) is 0.437. The highest BCUT2D eigenvalue weighted by atomic mass is 19.4. The van der Waals surface area contributed by atoms with Gasteiger partial charge in [0.1, 0.15) is 11.3 Å². The summed E-state index contributed by atoms with van der Waals surface area (Å²) in [6.07, 6.45) is 2.52. The average molecular weight is 471 g/mol. The Morgan fingerprint density at radius 3 is 2.76 bits per heavy atom. The topological polar surface area (TPSA) is 119 Å². The van der Waals surface area contributed by atoms with Crippen LogP contribution in [0.15, 0.2) is 59.5 Å². The van der Waals surface area contributed by atoms with Crippen LogP contribution in [-0.4, -0.2) is 45.6 Å². The van der Waals surface area contributed by atoms with Crippen molar-refractivity contribution >= 4 is 34.9 Å². The Balaban J connectivity index is 0.000000344. The van der Waals surface area contributed by atoms with Crippen LogP contribution in [0.4, 0.5) is 13.2 Å². The monoisotopic (exact) mass is 471 g/mol. The summed E-state index contributed by atoms with van der Waals surface area (Å²) in [4.78, 5) is 33.0. The van der Waals surface area contributed by atoms with Crippen LogP contribution in [0, 0.1) is 0 Å². The molecular formula is C23H20F3N5O3. The third kappa shape index (κ3) is 5.08. The fourth-order valence-electron chi connectivity index (χ4n) is 3.87. The van der Waals surface area contributed by atoms with Gasteiger partial charge >= 0.3 is 12.1 Å². The molecule has 8 nitrogen and oxygen atoms in total. The molecular weight excluding hydrogens is 451 g/mol. The summed E-state index contributed by atoms with van der Waals surface area (Å²) in [6, 6.07) is 12.4. The van der Waals surface area contributed by atoms with Crippen LogP contribution in [0.1, 0.15) is 29.0 Å². The van der Waals surface area contributed by atoms with Gasteiger partial charge < -0.3 is 15.4 Å². The lowest BCUT2D eigenvalue weighted by atomic mass is 10.0. The minimum atomic E-state index is -5.08. The van der Waals surface area contributed by atoms with E-state index in [1.807, 2.05) is 18.3 Å². The molecule has 2 aliphatic rings. The van der Waals surface area contributed by atoms with Crippen LogP contribution in [-0.2, 0) is 16.0 Å². The number of nitrogens with zero attached hydrogens (tertiary/aromatic N) is 2. The van der Waals surface area contributed by atoms with Gasteiger partial charge in [-0.25, -0.2) is 14.8 Å². The zero-order valence-electron chi connectivity index (χ0n) is 17.7. The summed E-state index contributed by atoms with van der Waals surface area (Å²) in [5.41, 5.74) is 4.92. The van der Waals surface area contributed by atoms with Gasteiger partial charge in [0.25, 0.3) is 5.91 Å². The molecule has 0 saturated carbocycles. The maximum Gasteiger partial charge on any atom is 0.490 e. The zero-order chi connectivity index (χ0) is 24.3. The molecule has 0 saturated heterocycles. The number of aliphatic carboxylic acids is 1. The van der Waals surface area contributed by atoms with Gasteiger partial charge in [-0.15, -0.1) is 0 Å². The SMILES string of the molecule is O=C(O)C(F)(F)F.O=C1NC(NCC2CCc3ccccc32)=N/C1=C\c1c[nH]c2ncccc12. The molecule has 11 heteroatoms. The molecule has 34 heavy (non-hydrogen) atoms. The molecule has 3 heterocycles. The molecule has 1 aromatic carbocycles. The number of hydrogen-bond donors (Lipinski definition) is 4. The number of aromatic amines is 1. The lowest BCUT2D eigenvalue weighted by molar-refractivity contribution is -0.192.